The maximum absolute atomic E-state index is 5.47. The predicted molar refractivity (Wildman–Crippen MR) is 70.5 cm³/mol. The average molecular weight is 220 g/mol. The summed E-state index contributed by atoms with van der Waals surface area (Å²) in [4.78, 5) is 0. The number of rotatable bonds is 6. The van der Waals surface area contributed by atoms with Gasteiger partial charge in [-0.05, 0) is 30.4 Å². The highest BCUT2D eigenvalue weighted by Crippen LogP contribution is 2.15. The summed E-state index contributed by atoms with van der Waals surface area (Å²) in [6, 6.07) is 9.28. The van der Waals surface area contributed by atoms with E-state index in [2.05, 4.69) is 50.4 Å². The van der Waals surface area contributed by atoms with Crippen LogP contribution >= 0.6 is 0 Å². The second kappa shape index (κ2) is 6.66. The highest BCUT2D eigenvalue weighted by atomic mass is 14.9. The van der Waals surface area contributed by atoms with Gasteiger partial charge in [-0.1, -0.05) is 38.1 Å². The van der Waals surface area contributed by atoms with E-state index in [9.17, 15) is 0 Å². The molecule has 0 saturated carbocycles. The summed E-state index contributed by atoms with van der Waals surface area (Å²) < 4.78 is 0. The summed E-state index contributed by atoms with van der Waals surface area (Å²) in [5, 5.41) is 3.38. The molecule has 0 aliphatic rings. The molecule has 0 aliphatic carbocycles. The Morgan fingerprint density at radius 1 is 1.12 bits per heavy atom. The van der Waals surface area contributed by atoms with Crippen molar-refractivity contribution in [3.05, 3.63) is 35.4 Å². The third kappa shape index (κ3) is 4.33. The molecule has 2 heteroatoms. The second-order valence-corrected chi connectivity index (χ2v) is 4.80. The van der Waals surface area contributed by atoms with Gasteiger partial charge in [0.05, 0.1) is 0 Å². The van der Waals surface area contributed by atoms with E-state index in [1.54, 1.807) is 0 Å². The number of hydrogen-bond donors (Lipinski definition) is 2. The van der Waals surface area contributed by atoms with Crippen LogP contribution in [0.25, 0.3) is 0 Å². The Kier molecular flexibility index (Phi) is 5.50. The molecule has 0 aliphatic heterocycles. The van der Waals surface area contributed by atoms with Crippen molar-refractivity contribution in [2.45, 2.75) is 33.2 Å². The van der Waals surface area contributed by atoms with E-state index in [-0.39, 0.29) is 0 Å². The van der Waals surface area contributed by atoms with Crippen molar-refractivity contribution in [3.8, 4) is 0 Å². The van der Waals surface area contributed by atoms with Gasteiger partial charge < -0.3 is 11.1 Å². The van der Waals surface area contributed by atoms with Gasteiger partial charge in [-0.15, -0.1) is 0 Å². The van der Waals surface area contributed by atoms with Crippen LogP contribution in [-0.2, 0) is 6.42 Å². The van der Waals surface area contributed by atoms with Gasteiger partial charge in [0.2, 0.25) is 0 Å². The fourth-order valence-electron chi connectivity index (χ4n) is 1.83. The molecule has 0 heterocycles. The average Bonchev–Trinajstić information content (AvgIpc) is 2.26. The molecule has 0 saturated heterocycles. The molecule has 0 aromatic heterocycles. The molecular weight excluding hydrogens is 196 g/mol. The zero-order valence-corrected chi connectivity index (χ0v) is 10.7. The Morgan fingerprint density at radius 2 is 1.75 bits per heavy atom. The van der Waals surface area contributed by atoms with Crippen molar-refractivity contribution in [2.24, 2.45) is 11.7 Å². The maximum Gasteiger partial charge on any atom is 0.0292 e. The summed E-state index contributed by atoms with van der Waals surface area (Å²) in [6.07, 6.45) is 1.16. The zero-order chi connectivity index (χ0) is 12.0. The van der Waals surface area contributed by atoms with Crippen molar-refractivity contribution in [2.75, 3.05) is 13.1 Å². The van der Waals surface area contributed by atoms with E-state index >= 15 is 0 Å². The highest BCUT2D eigenvalue weighted by molar-refractivity contribution is 5.25. The van der Waals surface area contributed by atoms with Crippen molar-refractivity contribution >= 4 is 0 Å². The lowest BCUT2D eigenvalue weighted by Crippen LogP contribution is -2.25. The molecule has 0 fully saturated rings. The summed E-state index contributed by atoms with van der Waals surface area (Å²) in [5.74, 6) is 0.721. The van der Waals surface area contributed by atoms with Gasteiger partial charge in [-0.3, -0.25) is 0 Å². The van der Waals surface area contributed by atoms with E-state index < -0.39 is 0 Å². The van der Waals surface area contributed by atoms with Crippen LogP contribution in [0, 0.1) is 5.92 Å². The number of nitrogens with two attached hydrogens (primary N) is 1. The molecule has 16 heavy (non-hydrogen) atoms. The summed E-state index contributed by atoms with van der Waals surface area (Å²) >= 11 is 0. The lowest BCUT2D eigenvalue weighted by molar-refractivity contribution is 0.581. The fraction of sp³-hybridized carbons (Fsp3) is 0.571. The van der Waals surface area contributed by atoms with Crippen LogP contribution in [0.5, 0.6) is 0 Å². The topological polar surface area (TPSA) is 38.0 Å². The molecule has 1 aromatic carbocycles. The van der Waals surface area contributed by atoms with Crippen molar-refractivity contribution in [1.29, 1.82) is 0 Å². The van der Waals surface area contributed by atoms with Crippen LogP contribution in [0.2, 0.25) is 0 Å². The first-order chi connectivity index (χ1) is 7.63. The molecule has 0 bridgehead atoms. The third-order valence-corrected chi connectivity index (χ3v) is 2.72. The van der Waals surface area contributed by atoms with Crippen LogP contribution in [0.15, 0.2) is 24.3 Å². The quantitative estimate of drug-likeness (QED) is 0.773. The molecule has 1 atom stereocenters. The lowest BCUT2D eigenvalue weighted by atomic mass is 10.00. The largest absolute Gasteiger partial charge is 0.329 e. The predicted octanol–water partition coefficient (Wildman–Crippen LogP) is 2.49. The minimum absolute atomic E-state index is 0.386. The third-order valence-electron chi connectivity index (χ3n) is 2.72. The minimum atomic E-state index is 0.386. The Bertz CT molecular complexity index is 290. The fourth-order valence-corrected chi connectivity index (χ4v) is 1.83. The first-order valence-electron chi connectivity index (χ1n) is 6.15. The molecule has 90 valence electrons. The van der Waals surface area contributed by atoms with Crippen molar-refractivity contribution in [1.82, 2.24) is 5.32 Å². The van der Waals surface area contributed by atoms with E-state index in [0.29, 0.717) is 12.6 Å². The van der Waals surface area contributed by atoms with E-state index in [1.807, 2.05) is 0 Å². The normalized spacial score (nSPS) is 13.1. The van der Waals surface area contributed by atoms with Crippen LogP contribution in [0.3, 0.4) is 0 Å². The molecule has 0 spiro atoms. The molecule has 1 unspecified atom stereocenters. The van der Waals surface area contributed by atoms with Crippen molar-refractivity contribution in [3.63, 3.8) is 0 Å². The smallest absolute Gasteiger partial charge is 0.0292 e. The van der Waals surface area contributed by atoms with Gasteiger partial charge in [0.15, 0.2) is 0 Å². The first kappa shape index (κ1) is 13.2. The Balaban J connectivity index is 2.56. The number of nitrogens with one attached hydrogen (secondary N) is 1. The molecule has 1 rings (SSSR count). The standard InChI is InChI=1S/C14H24N2/c1-11(2)10-13-4-6-14(7-5-13)12(3)16-9-8-15/h4-7,11-12,16H,8-10,15H2,1-3H3. The van der Waals surface area contributed by atoms with E-state index in [1.165, 1.54) is 11.1 Å². The molecule has 1 aromatic rings. The Hall–Kier alpha value is -0.860. The van der Waals surface area contributed by atoms with Crippen LogP contribution < -0.4 is 11.1 Å². The lowest BCUT2D eigenvalue weighted by Gasteiger charge is -2.14. The van der Waals surface area contributed by atoms with Crippen molar-refractivity contribution < 1.29 is 0 Å². The maximum atomic E-state index is 5.47. The van der Waals surface area contributed by atoms with Gasteiger partial charge in [-0.25, -0.2) is 0 Å². The Labute approximate surface area is 99.2 Å². The number of hydrogen-bond acceptors (Lipinski definition) is 2. The SMILES string of the molecule is CC(C)Cc1ccc(C(C)NCCN)cc1. The second-order valence-electron chi connectivity index (χ2n) is 4.80. The van der Waals surface area contributed by atoms with E-state index in [0.717, 1.165) is 18.9 Å². The zero-order valence-electron chi connectivity index (χ0n) is 10.7. The molecular formula is C14H24N2. The van der Waals surface area contributed by atoms with Gasteiger partial charge in [-0.2, -0.15) is 0 Å². The molecule has 0 radical (unpaired) electrons. The molecule has 3 N–H and O–H groups in total. The highest BCUT2D eigenvalue weighted by Gasteiger charge is 2.04. The minimum Gasteiger partial charge on any atom is -0.329 e. The first-order valence-corrected chi connectivity index (χ1v) is 6.15. The monoisotopic (exact) mass is 220 g/mol. The summed E-state index contributed by atoms with van der Waals surface area (Å²) in [7, 11) is 0. The van der Waals surface area contributed by atoms with Gasteiger partial charge in [0.25, 0.3) is 0 Å². The van der Waals surface area contributed by atoms with Gasteiger partial charge in [0.1, 0.15) is 0 Å². The molecule has 0 amide bonds. The van der Waals surface area contributed by atoms with Crippen LogP contribution in [-0.4, -0.2) is 13.1 Å². The summed E-state index contributed by atoms with van der Waals surface area (Å²) in [6.45, 7) is 8.23. The number of benzene rings is 1. The summed E-state index contributed by atoms with van der Waals surface area (Å²) in [5.41, 5.74) is 8.23. The van der Waals surface area contributed by atoms with Crippen LogP contribution in [0.4, 0.5) is 0 Å². The van der Waals surface area contributed by atoms with Gasteiger partial charge >= 0.3 is 0 Å². The Morgan fingerprint density at radius 3 is 2.25 bits per heavy atom. The van der Waals surface area contributed by atoms with E-state index in [4.69, 9.17) is 5.73 Å². The van der Waals surface area contributed by atoms with Crippen LogP contribution in [0.1, 0.15) is 37.9 Å². The van der Waals surface area contributed by atoms with Gasteiger partial charge in [0, 0.05) is 19.1 Å². The molecule has 2 nitrogen and oxygen atoms in total.